The first-order chi connectivity index (χ1) is 9.01. The molecule has 1 N–H and O–H groups in total. The molecule has 106 valence electrons. The van der Waals surface area contributed by atoms with Crippen molar-refractivity contribution in [2.45, 2.75) is 45.2 Å². The summed E-state index contributed by atoms with van der Waals surface area (Å²) in [6, 6.07) is 0. The number of aromatic nitrogens is 3. The maximum atomic E-state index is 11.9. The molecule has 0 fully saturated rings. The van der Waals surface area contributed by atoms with Crippen LogP contribution in [0.4, 0.5) is 0 Å². The first-order valence-corrected chi connectivity index (χ1v) is 6.25. The van der Waals surface area contributed by atoms with Crippen LogP contribution in [0.15, 0.2) is 12.4 Å². The number of esters is 1. The maximum Gasteiger partial charge on any atom is 0.331 e. The van der Waals surface area contributed by atoms with Gasteiger partial charge in [-0.05, 0) is 13.3 Å². The molecule has 1 aromatic heterocycles. The average Bonchev–Trinajstić information content (AvgIpc) is 2.88. The van der Waals surface area contributed by atoms with Crippen molar-refractivity contribution in [1.29, 1.82) is 0 Å². The van der Waals surface area contributed by atoms with Gasteiger partial charge in [-0.2, -0.15) is 0 Å². The van der Waals surface area contributed by atoms with Crippen LogP contribution in [0.2, 0.25) is 0 Å². The number of nitrogens with one attached hydrogen (secondary N) is 1. The first kappa shape index (κ1) is 15.1. The fourth-order valence-corrected chi connectivity index (χ4v) is 1.88. The minimum atomic E-state index is -0.969. The van der Waals surface area contributed by atoms with E-state index in [1.54, 1.807) is 24.0 Å². The fraction of sp³-hybridized carbons (Fsp3) is 0.667. The highest BCUT2D eigenvalue weighted by Crippen LogP contribution is 2.14. The molecule has 1 unspecified atom stereocenters. The molecule has 0 aliphatic carbocycles. The summed E-state index contributed by atoms with van der Waals surface area (Å²) in [7, 11) is 1.32. The van der Waals surface area contributed by atoms with Gasteiger partial charge in [0.2, 0.25) is 5.91 Å². The Hall–Kier alpha value is -1.92. The molecule has 0 spiro atoms. The Morgan fingerprint density at radius 1 is 1.47 bits per heavy atom. The van der Waals surface area contributed by atoms with Gasteiger partial charge in [-0.25, -0.2) is 4.79 Å². The second-order valence-corrected chi connectivity index (χ2v) is 4.54. The van der Waals surface area contributed by atoms with Crippen LogP contribution < -0.4 is 5.32 Å². The number of carbonyl (C=O) groups excluding carboxylic acids is 2. The third-order valence-electron chi connectivity index (χ3n) is 2.84. The summed E-state index contributed by atoms with van der Waals surface area (Å²) in [5.41, 5.74) is -0.969. The van der Waals surface area contributed by atoms with Crippen LogP contribution in [0, 0.1) is 0 Å². The highest BCUT2D eigenvalue weighted by molar-refractivity contribution is 5.87. The Balaban J connectivity index is 2.53. The predicted octanol–water partition coefficient (Wildman–Crippen LogP) is 0.516. The summed E-state index contributed by atoms with van der Waals surface area (Å²) in [6.07, 6.45) is 4.77. The monoisotopic (exact) mass is 268 g/mol. The molecule has 0 saturated carbocycles. The number of methoxy groups -OCH3 is 1. The molecule has 1 heterocycles. The van der Waals surface area contributed by atoms with Crippen LogP contribution in [0.3, 0.4) is 0 Å². The van der Waals surface area contributed by atoms with Crippen molar-refractivity contribution in [3.05, 3.63) is 12.4 Å². The minimum Gasteiger partial charge on any atom is -0.467 e. The lowest BCUT2D eigenvalue weighted by Crippen LogP contribution is -2.52. The molecule has 7 heteroatoms. The largest absolute Gasteiger partial charge is 0.467 e. The summed E-state index contributed by atoms with van der Waals surface area (Å²) in [5.74, 6) is -0.639. The van der Waals surface area contributed by atoms with E-state index in [2.05, 4.69) is 15.6 Å². The summed E-state index contributed by atoms with van der Waals surface area (Å²) >= 11 is 0. The van der Waals surface area contributed by atoms with Crippen LogP contribution in [0.5, 0.6) is 0 Å². The molecule has 1 aromatic rings. The number of hydrogen-bond donors (Lipinski definition) is 1. The molecule has 0 saturated heterocycles. The number of nitrogens with zero attached hydrogens (tertiary/aromatic N) is 3. The SMILES string of the molecule is CCCC(C)(NC(=O)CCn1ccnn1)C(=O)OC. The molecule has 0 radical (unpaired) electrons. The summed E-state index contributed by atoms with van der Waals surface area (Å²) < 4.78 is 6.30. The number of aryl methyl sites for hydroxylation is 1. The zero-order valence-corrected chi connectivity index (χ0v) is 11.5. The topological polar surface area (TPSA) is 86.1 Å². The number of rotatable bonds is 7. The van der Waals surface area contributed by atoms with Crippen molar-refractivity contribution in [3.8, 4) is 0 Å². The first-order valence-electron chi connectivity index (χ1n) is 6.25. The third kappa shape index (κ3) is 4.35. The standard InChI is InChI=1S/C12H20N4O3/c1-4-6-12(2,11(18)19-3)14-10(17)5-8-16-9-7-13-15-16/h7,9H,4-6,8H2,1-3H3,(H,14,17). The normalized spacial score (nSPS) is 13.6. The second kappa shape index (κ2) is 6.86. The van der Waals surface area contributed by atoms with Gasteiger partial charge >= 0.3 is 5.97 Å². The van der Waals surface area contributed by atoms with Gasteiger partial charge in [-0.1, -0.05) is 18.6 Å². The van der Waals surface area contributed by atoms with Gasteiger partial charge in [-0.15, -0.1) is 5.10 Å². The van der Waals surface area contributed by atoms with Gasteiger partial charge in [0, 0.05) is 12.6 Å². The maximum absolute atomic E-state index is 11.9. The zero-order chi connectivity index (χ0) is 14.3. The van der Waals surface area contributed by atoms with E-state index in [4.69, 9.17) is 4.74 Å². The Bertz CT molecular complexity index is 419. The van der Waals surface area contributed by atoms with E-state index >= 15 is 0 Å². The molecule has 1 atom stereocenters. The molecule has 19 heavy (non-hydrogen) atoms. The Kier molecular flexibility index (Phi) is 5.47. The Morgan fingerprint density at radius 2 is 2.21 bits per heavy atom. The molecule has 0 bridgehead atoms. The van der Waals surface area contributed by atoms with Crippen LogP contribution in [-0.2, 0) is 20.9 Å². The van der Waals surface area contributed by atoms with Gasteiger partial charge in [0.25, 0.3) is 0 Å². The average molecular weight is 268 g/mol. The molecule has 0 aliphatic heterocycles. The second-order valence-electron chi connectivity index (χ2n) is 4.54. The van der Waals surface area contributed by atoms with Gasteiger partial charge in [-0.3, -0.25) is 9.48 Å². The van der Waals surface area contributed by atoms with Crippen molar-refractivity contribution in [2.75, 3.05) is 7.11 Å². The molecule has 0 aromatic carbocycles. The van der Waals surface area contributed by atoms with Gasteiger partial charge < -0.3 is 10.1 Å². The van der Waals surface area contributed by atoms with E-state index in [1.165, 1.54) is 7.11 Å². The minimum absolute atomic E-state index is 0.211. The van der Waals surface area contributed by atoms with Gasteiger partial charge in [0.05, 0.1) is 19.9 Å². The van der Waals surface area contributed by atoms with Crippen LogP contribution in [-0.4, -0.2) is 39.5 Å². The van der Waals surface area contributed by atoms with E-state index < -0.39 is 11.5 Å². The van der Waals surface area contributed by atoms with E-state index in [1.807, 2.05) is 6.92 Å². The smallest absolute Gasteiger partial charge is 0.331 e. The number of ether oxygens (including phenoxy) is 1. The third-order valence-corrected chi connectivity index (χ3v) is 2.84. The number of amides is 1. The molecular weight excluding hydrogens is 248 g/mol. The van der Waals surface area contributed by atoms with Crippen molar-refractivity contribution in [1.82, 2.24) is 20.3 Å². The van der Waals surface area contributed by atoms with Crippen LogP contribution >= 0.6 is 0 Å². The lowest BCUT2D eigenvalue weighted by molar-refractivity contribution is -0.150. The molecule has 1 amide bonds. The highest BCUT2D eigenvalue weighted by atomic mass is 16.5. The van der Waals surface area contributed by atoms with E-state index in [0.29, 0.717) is 13.0 Å². The van der Waals surface area contributed by atoms with Crippen LogP contribution in [0.25, 0.3) is 0 Å². The predicted molar refractivity (Wildman–Crippen MR) is 68.1 cm³/mol. The number of carbonyl (C=O) groups is 2. The molecule has 7 nitrogen and oxygen atoms in total. The fourth-order valence-electron chi connectivity index (χ4n) is 1.88. The van der Waals surface area contributed by atoms with Gasteiger partial charge in [0.1, 0.15) is 5.54 Å². The van der Waals surface area contributed by atoms with Crippen molar-refractivity contribution in [3.63, 3.8) is 0 Å². The van der Waals surface area contributed by atoms with E-state index in [-0.39, 0.29) is 12.3 Å². The zero-order valence-electron chi connectivity index (χ0n) is 11.5. The van der Waals surface area contributed by atoms with Gasteiger partial charge in [0.15, 0.2) is 0 Å². The van der Waals surface area contributed by atoms with Crippen LogP contribution in [0.1, 0.15) is 33.1 Å². The summed E-state index contributed by atoms with van der Waals surface area (Å²) in [4.78, 5) is 23.6. The van der Waals surface area contributed by atoms with Crippen molar-refractivity contribution in [2.24, 2.45) is 0 Å². The Labute approximate surface area is 112 Å². The molecule has 1 rings (SSSR count). The molecule has 0 aliphatic rings. The van der Waals surface area contributed by atoms with E-state index in [9.17, 15) is 9.59 Å². The van der Waals surface area contributed by atoms with Crippen molar-refractivity contribution < 1.29 is 14.3 Å². The lowest BCUT2D eigenvalue weighted by Gasteiger charge is -2.27. The van der Waals surface area contributed by atoms with E-state index in [0.717, 1.165) is 6.42 Å². The summed E-state index contributed by atoms with van der Waals surface area (Å²) in [5, 5.41) is 10.2. The lowest BCUT2D eigenvalue weighted by atomic mass is 9.96. The molecular formula is C12H20N4O3. The van der Waals surface area contributed by atoms with Crippen molar-refractivity contribution >= 4 is 11.9 Å². The highest BCUT2D eigenvalue weighted by Gasteiger charge is 2.34. The Morgan fingerprint density at radius 3 is 2.74 bits per heavy atom. The number of hydrogen-bond acceptors (Lipinski definition) is 5. The summed E-state index contributed by atoms with van der Waals surface area (Å²) in [6.45, 7) is 4.05. The quantitative estimate of drug-likeness (QED) is 0.728.